The van der Waals surface area contributed by atoms with Crippen LogP contribution in [0.5, 0.6) is 0 Å². The predicted octanol–water partition coefficient (Wildman–Crippen LogP) is 3.59. The summed E-state index contributed by atoms with van der Waals surface area (Å²) in [6.45, 7) is 2.74. The molecule has 0 bridgehead atoms. The Morgan fingerprint density at radius 2 is 1.86 bits per heavy atom. The molecule has 2 rings (SSSR count). The standard InChI is InChI=1S/C17H19ClN2O/c1-2-9-20-17(21)16(12-13-7-10-19-11-8-13)14-3-5-15(18)6-4-14/h3-8,10-11,16H,2,9,12H2,1H3,(H,20,21). The second-order valence-electron chi connectivity index (χ2n) is 4.95. The molecule has 0 aliphatic heterocycles. The van der Waals surface area contributed by atoms with E-state index in [2.05, 4.69) is 10.3 Å². The average molecular weight is 303 g/mol. The van der Waals surface area contributed by atoms with E-state index in [0.717, 1.165) is 17.5 Å². The Bertz CT molecular complexity index is 569. The molecule has 2 aromatic rings. The van der Waals surface area contributed by atoms with Gasteiger partial charge in [0.25, 0.3) is 0 Å². The molecule has 0 saturated carbocycles. The van der Waals surface area contributed by atoms with Crippen LogP contribution in [0.3, 0.4) is 0 Å². The lowest BCUT2D eigenvalue weighted by atomic mass is 9.91. The topological polar surface area (TPSA) is 42.0 Å². The molecule has 1 N–H and O–H groups in total. The highest BCUT2D eigenvalue weighted by Crippen LogP contribution is 2.23. The van der Waals surface area contributed by atoms with Gasteiger partial charge in [0.1, 0.15) is 0 Å². The molecule has 110 valence electrons. The van der Waals surface area contributed by atoms with E-state index in [9.17, 15) is 4.79 Å². The summed E-state index contributed by atoms with van der Waals surface area (Å²) in [5.74, 6) is -0.160. The first-order chi connectivity index (χ1) is 10.2. The van der Waals surface area contributed by atoms with Gasteiger partial charge >= 0.3 is 0 Å². The summed E-state index contributed by atoms with van der Waals surface area (Å²) in [6.07, 6.45) is 5.07. The van der Waals surface area contributed by atoms with Crippen LogP contribution in [0.4, 0.5) is 0 Å². The molecule has 0 fully saturated rings. The molecule has 0 aliphatic rings. The van der Waals surface area contributed by atoms with E-state index >= 15 is 0 Å². The number of halogens is 1. The van der Waals surface area contributed by atoms with E-state index in [0.29, 0.717) is 18.0 Å². The Balaban J connectivity index is 2.21. The van der Waals surface area contributed by atoms with Gasteiger partial charge in [0.05, 0.1) is 5.92 Å². The maximum Gasteiger partial charge on any atom is 0.227 e. The lowest BCUT2D eigenvalue weighted by Gasteiger charge is -2.17. The second kappa shape index (κ2) is 7.79. The quantitative estimate of drug-likeness (QED) is 0.886. The van der Waals surface area contributed by atoms with Gasteiger partial charge in [0.15, 0.2) is 0 Å². The van der Waals surface area contributed by atoms with Crippen LogP contribution in [0.15, 0.2) is 48.8 Å². The van der Waals surface area contributed by atoms with Crippen molar-refractivity contribution in [2.45, 2.75) is 25.7 Å². The fourth-order valence-corrected chi connectivity index (χ4v) is 2.31. The third kappa shape index (κ3) is 4.57. The van der Waals surface area contributed by atoms with Crippen molar-refractivity contribution in [3.05, 3.63) is 64.9 Å². The monoisotopic (exact) mass is 302 g/mol. The number of amides is 1. The minimum Gasteiger partial charge on any atom is -0.356 e. The van der Waals surface area contributed by atoms with Crippen LogP contribution >= 0.6 is 11.6 Å². The minimum absolute atomic E-state index is 0.0518. The maximum absolute atomic E-state index is 12.4. The van der Waals surface area contributed by atoms with Crippen LogP contribution in [0.1, 0.15) is 30.4 Å². The van der Waals surface area contributed by atoms with Gasteiger partial charge in [-0.25, -0.2) is 0 Å². The summed E-state index contributed by atoms with van der Waals surface area (Å²) in [5.41, 5.74) is 2.07. The van der Waals surface area contributed by atoms with Gasteiger partial charge in [-0.05, 0) is 48.2 Å². The third-order valence-corrected chi connectivity index (χ3v) is 3.58. The van der Waals surface area contributed by atoms with Crippen molar-refractivity contribution < 1.29 is 4.79 Å². The largest absolute Gasteiger partial charge is 0.356 e. The third-order valence-electron chi connectivity index (χ3n) is 3.33. The van der Waals surface area contributed by atoms with Gasteiger partial charge in [0.2, 0.25) is 5.91 Å². The molecular weight excluding hydrogens is 284 g/mol. The second-order valence-corrected chi connectivity index (χ2v) is 5.39. The van der Waals surface area contributed by atoms with Crippen LogP contribution in [-0.4, -0.2) is 17.4 Å². The summed E-state index contributed by atoms with van der Waals surface area (Å²) in [4.78, 5) is 16.4. The van der Waals surface area contributed by atoms with Crippen LogP contribution in [0, 0.1) is 0 Å². The fourth-order valence-electron chi connectivity index (χ4n) is 2.18. The van der Waals surface area contributed by atoms with Gasteiger partial charge in [0, 0.05) is 24.0 Å². The lowest BCUT2D eigenvalue weighted by Crippen LogP contribution is -2.31. The first-order valence-corrected chi connectivity index (χ1v) is 7.50. The highest BCUT2D eigenvalue weighted by Gasteiger charge is 2.20. The number of nitrogens with one attached hydrogen (secondary N) is 1. The average Bonchev–Trinajstić information content (AvgIpc) is 2.52. The lowest BCUT2D eigenvalue weighted by molar-refractivity contribution is -0.122. The zero-order valence-corrected chi connectivity index (χ0v) is 12.8. The normalized spacial score (nSPS) is 11.9. The van der Waals surface area contributed by atoms with E-state index in [4.69, 9.17) is 11.6 Å². The van der Waals surface area contributed by atoms with Crippen molar-refractivity contribution >= 4 is 17.5 Å². The van der Waals surface area contributed by atoms with Gasteiger partial charge in [-0.15, -0.1) is 0 Å². The highest BCUT2D eigenvalue weighted by atomic mass is 35.5. The molecule has 1 aromatic heterocycles. The molecule has 0 radical (unpaired) electrons. The van der Waals surface area contributed by atoms with Crippen molar-refractivity contribution in [1.82, 2.24) is 10.3 Å². The molecule has 1 aromatic carbocycles. The molecule has 1 amide bonds. The van der Waals surface area contributed by atoms with Crippen molar-refractivity contribution in [2.75, 3.05) is 6.54 Å². The fraction of sp³-hybridized carbons (Fsp3) is 0.294. The number of carbonyl (C=O) groups excluding carboxylic acids is 1. The summed E-state index contributed by atoms with van der Waals surface area (Å²) in [6, 6.07) is 11.4. The molecule has 0 aliphatic carbocycles. The van der Waals surface area contributed by atoms with Crippen molar-refractivity contribution in [3.63, 3.8) is 0 Å². The number of benzene rings is 1. The minimum atomic E-state index is -0.212. The number of aromatic nitrogens is 1. The van der Waals surface area contributed by atoms with Crippen molar-refractivity contribution in [3.8, 4) is 0 Å². The molecule has 4 heteroatoms. The Hall–Kier alpha value is -1.87. The molecule has 0 saturated heterocycles. The highest BCUT2D eigenvalue weighted by molar-refractivity contribution is 6.30. The number of nitrogens with zero attached hydrogens (tertiary/aromatic N) is 1. The molecule has 1 atom stereocenters. The number of hydrogen-bond acceptors (Lipinski definition) is 2. The van der Waals surface area contributed by atoms with Gasteiger partial charge in [-0.1, -0.05) is 30.7 Å². The van der Waals surface area contributed by atoms with Gasteiger partial charge in [-0.3, -0.25) is 9.78 Å². The molecule has 0 spiro atoms. The maximum atomic E-state index is 12.4. The number of pyridine rings is 1. The molecule has 1 heterocycles. The van der Waals surface area contributed by atoms with Gasteiger partial charge < -0.3 is 5.32 Å². The number of carbonyl (C=O) groups is 1. The van der Waals surface area contributed by atoms with Crippen LogP contribution < -0.4 is 5.32 Å². The van der Waals surface area contributed by atoms with E-state index in [-0.39, 0.29) is 11.8 Å². The van der Waals surface area contributed by atoms with E-state index in [1.54, 1.807) is 12.4 Å². The van der Waals surface area contributed by atoms with Crippen molar-refractivity contribution in [1.29, 1.82) is 0 Å². The smallest absolute Gasteiger partial charge is 0.227 e. The summed E-state index contributed by atoms with van der Waals surface area (Å²) in [5, 5.41) is 3.65. The Morgan fingerprint density at radius 1 is 1.19 bits per heavy atom. The van der Waals surface area contributed by atoms with Crippen LogP contribution in [-0.2, 0) is 11.2 Å². The zero-order valence-electron chi connectivity index (χ0n) is 12.1. The first kappa shape index (κ1) is 15.5. The Kier molecular flexibility index (Phi) is 5.76. The summed E-state index contributed by atoms with van der Waals surface area (Å²) >= 11 is 5.93. The summed E-state index contributed by atoms with van der Waals surface area (Å²) < 4.78 is 0. The molecular formula is C17H19ClN2O. The SMILES string of the molecule is CCCNC(=O)C(Cc1ccncc1)c1ccc(Cl)cc1. The predicted molar refractivity (Wildman–Crippen MR) is 85.4 cm³/mol. The molecule has 1 unspecified atom stereocenters. The zero-order chi connectivity index (χ0) is 15.1. The van der Waals surface area contributed by atoms with E-state index in [1.807, 2.05) is 43.3 Å². The first-order valence-electron chi connectivity index (χ1n) is 7.12. The number of rotatable bonds is 6. The van der Waals surface area contributed by atoms with Crippen LogP contribution in [0.25, 0.3) is 0 Å². The van der Waals surface area contributed by atoms with E-state index < -0.39 is 0 Å². The number of hydrogen-bond donors (Lipinski definition) is 1. The molecule has 21 heavy (non-hydrogen) atoms. The van der Waals surface area contributed by atoms with Crippen LogP contribution in [0.2, 0.25) is 5.02 Å². The van der Waals surface area contributed by atoms with E-state index in [1.165, 1.54) is 0 Å². The summed E-state index contributed by atoms with van der Waals surface area (Å²) in [7, 11) is 0. The van der Waals surface area contributed by atoms with Gasteiger partial charge in [-0.2, -0.15) is 0 Å². The Morgan fingerprint density at radius 3 is 2.48 bits per heavy atom. The van der Waals surface area contributed by atoms with Crippen molar-refractivity contribution in [2.24, 2.45) is 0 Å². The Labute approximate surface area is 130 Å². The molecule has 3 nitrogen and oxygen atoms in total.